The van der Waals surface area contributed by atoms with Crippen molar-refractivity contribution >= 4 is 12.0 Å². The van der Waals surface area contributed by atoms with Crippen LogP contribution in [0.1, 0.15) is 12.8 Å². The molecule has 0 radical (unpaired) electrons. The third-order valence-electron chi connectivity index (χ3n) is 3.13. The van der Waals surface area contributed by atoms with Crippen molar-refractivity contribution in [3.05, 3.63) is 0 Å². The summed E-state index contributed by atoms with van der Waals surface area (Å²) in [6, 6.07) is -0.250. The van der Waals surface area contributed by atoms with Crippen LogP contribution in [0.5, 0.6) is 0 Å². The third kappa shape index (κ3) is 3.33. The Bertz CT molecular complexity index is 317. The second-order valence-corrected chi connectivity index (χ2v) is 4.46. The zero-order chi connectivity index (χ0) is 13.0. The molecule has 0 saturated carbocycles. The molecule has 0 aromatic heterocycles. The van der Waals surface area contributed by atoms with Crippen molar-refractivity contribution in [2.45, 2.75) is 25.0 Å². The molecule has 2 aliphatic heterocycles. The normalized spacial score (nSPS) is 28.1. The van der Waals surface area contributed by atoms with E-state index in [2.05, 4.69) is 5.32 Å². The number of ether oxygens (including phenoxy) is 2. The highest BCUT2D eigenvalue weighted by Gasteiger charge is 2.29. The zero-order valence-corrected chi connectivity index (χ0v) is 10.1. The number of nitrogens with zero attached hydrogens (tertiary/aromatic N) is 1. The van der Waals surface area contributed by atoms with E-state index in [1.54, 1.807) is 0 Å². The Kier molecular flexibility index (Phi) is 4.38. The first-order valence-electron chi connectivity index (χ1n) is 6.15. The minimum Gasteiger partial charge on any atom is -0.479 e. The highest BCUT2D eigenvalue weighted by Crippen LogP contribution is 2.11. The number of nitrogens with one attached hydrogen (secondary N) is 1. The fraction of sp³-hybridized carbons (Fsp3) is 0.818. The Hall–Kier alpha value is -1.34. The SMILES string of the molecule is O=C(O)C1CN(C(=O)NCC2CCCO2)CCO1. The molecule has 0 bridgehead atoms. The van der Waals surface area contributed by atoms with Gasteiger partial charge in [-0.15, -0.1) is 0 Å². The van der Waals surface area contributed by atoms with Gasteiger partial charge in [-0.05, 0) is 12.8 Å². The topological polar surface area (TPSA) is 88.1 Å². The first kappa shape index (κ1) is 13.1. The van der Waals surface area contributed by atoms with E-state index in [0.29, 0.717) is 13.1 Å². The third-order valence-corrected chi connectivity index (χ3v) is 3.13. The molecule has 18 heavy (non-hydrogen) atoms. The first-order chi connectivity index (χ1) is 8.66. The molecular weight excluding hydrogens is 240 g/mol. The van der Waals surface area contributed by atoms with Crippen LogP contribution in [-0.2, 0) is 14.3 Å². The summed E-state index contributed by atoms with van der Waals surface area (Å²) in [4.78, 5) is 24.1. The summed E-state index contributed by atoms with van der Waals surface area (Å²) < 4.78 is 10.4. The predicted molar refractivity (Wildman–Crippen MR) is 61.3 cm³/mol. The number of hydrogen-bond donors (Lipinski definition) is 2. The quantitative estimate of drug-likeness (QED) is 0.723. The molecule has 0 spiro atoms. The van der Waals surface area contributed by atoms with Crippen LogP contribution >= 0.6 is 0 Å². The minimum absolute atomic E-state index is 0.0882. The molecule has 0 aliphatic carbocycles. The summed E-state index contributed by atoms with van der Waals surface area (Å²) in [5.74, 6) is -1.04. The second kappa shape index (κ2) is 6.01. The summed E-state index contributed by atoms with van der Waals surface area (Å²) in [7, 11) is 0. The lowest BCUT2D eigenvalue weighted by molar-refractivity contribution is -0.154. The van der Waals surface area contributed by atoms with Crippen molar-refractivity contribution in [1.82, 2.24) is 10.2 Å². The number of carbonyl (C=O) groups excluding carboxylic acids is 1. The number of rotatable bonds is 3. The van der Waals surface area contributed by atoms with Crippen LogP contribution in [0, 0.1) is 0 Å². The van der Waals surface area contributed by atoms with Gasteiger partial charge in [-0.3, -0.25) is 0 Å². The van der Waals surface area contributed by atoms with Crippen LogP contribution in [-0.4, -0.2) is 67.1 Å². The molecule has 2 N–H and O–H groups in total. The van der Waals surface area contributed by atoms with Crippen LogP contribution in [0.3, 0.4) is 0 Å². The minimum atomic E-state index is -1.04. The maximum absolute atomic E-state index is 11.8. The van der Waals surface area contributed by atoms with E-state index >= 15 is 0 Å². The number of hydrogen-bond acceptors (Lipinski definition) is 4. The maximum atomic E-state index is 11.8. The van der Waals surface area contributed by atoms with Gasteiger partial charge in [-0.2, -0.15) is 0 Å². The average molecular weight is 258 g/mol. The molecule has 2 saturated heterocycles. The van der Waals surface area contributed by atoms with Crippen LogP contribution in [0.25, 0.3) is 0 Å². The molecule has 2 aliphatic rings. The molecule has 7 heteroatoms. The van der Waals surface area contributed by atoms with E-state index in [0.717, 1.165) is 19.4 Å². The van der Waals surface area contributed by atoms with E-state index in [4.69, 9.17) is 14.6 Å². The molecule has 2 unspecified atom stereocenters. The Morgan fingerprint density at radius 2 is 2.17 bits per heavy atom. The number of carboxylic acids is 1. The van der Waals surface area contributed by atoms with Crippen molar-refractivity contribution in [3.8, 4) is 0 Å². The van der Waals surface area contributed by atoms with Crippen molar-refractivity contribution in [3.63, 3.8) is 0 Å². The molecule has 7 nitrogen and oxygen atoms in total. The summed E-state index contributed by atoms with van der Waals surface area (Å²) in [6.07, 6.45) is 1.15. The summed E-state index contributed by atoms with van der Waals surface area (Å²) >= 11 is 0. The Morgan fingerprint density at radius 3 is 2.83 bits per heavy atom. The van der Waals surface area contributed by atoms with Gasteiger partial charge in [-0.1, -0.05) is 0 Å². The number of morpholine rings is 1. The molecule has 2 rings (SSSR count). The van der Waals surface area contributed by atoms with Crippen molar-refractivity contribution in [2.24, 2.45) is 0 Å². The van der Waals surface area contributed by atoms with Crippen LogP contribution < -0.4 is 5.32 Å². The lowest BCUT2D eigenvalue weighted by Gasteiger charge is -2.31. The standard InChI is InChI=1S/C11H18N2O5/c14-10(15)9-7-13(3-5-18-9)11(16)12-6-8-2-1-4-17-8/h8-9H,1-7H2,(H,12,16)(H,14,15). The van der Waals surface area contributed by atoms with Crippen LogP contribution in [0.15, 0.2) is 0 Å². The Balaban J connectivity index is 1.75. The fourth-order valence-corrected chi connectivity index (χ4v) is 2.10. The molecule has 102 valence electrons. The van der Waals surface area contributed by atoms with Gasteiger partial charge >= 0.3 is 12.0 Å². The first-order valence-corrected chi connectivity index (χ1v) is 6.15. The zero-order valence-electron chi connectivity index (χ0n) is 10.1. The van der Waals surface area contributed by atoms with Crippen LogP contribution in [0.2, 0.25) is 0 Å². The van der Waals surface area contributed by atoms with E-state index in [1.807, 2.05) is 0 Å². The summed E-state index contributed by atoms with van der Waals surface area (Å²) in [5, 5.41) is 11.6. The number of aliphatic carboxylic acids is 1. The number of carboxylic acid groups (broad SMARTS) is 1. The Labute approximate surface area is 105 Å². The molecule has 2 fully saturated rings. The van der Waals surface area contributed by atoms with Crippen LogP contribution in [0.4, 0.5) is 4.79 Å². The number of urea groups is 1. The number of amides is 2. The summed E-state index contributed by atoms with van der Waals surface area (Å²) in [5.41, 5.74) is 0. The highest BCUT2D eigenvalue weighted by molar-refractivity contribution is 5.77. The maximum Gasteiger partial charge on any atom is 0.334 e. The van der Waals surface area contributed by atoms with Gasteiger partial charge in [0.2, 0.25) is 0 Å². The molecule has 2 amide bonds. The predicted octanol–water partition coefficient (Wildman–Crippen LogP) is -0.340. The highest BCUT2D eigenvalue weighted by atomic mass is 16.5. The number of carbonyl (C=O) groups is 2. The van der Waals surface area contributed by atoms with Gasteiger partial charge in [0.25, 0.3) is 0 Å². The van der Waals surface area contributed by atoms with Gasteiger partial charge in [0.15, 0.2) is 6.10 Å². The van der Waals surface area contributed by atoms with E-state index in [9.17, 15) is 9.59 Å². The van der Waals surface area contributed by atoms with E-state index in [-0.39, 0.29) is 25.3 Å². The van der Waals surface area contributed by atoms with Crippen molar-refractivity contribution in [2.75, 3.05) is 32.8 Å². The lowest BCUT2D eigenvalue weighted by Crippen LogP contribution is -2.52. The van der Waals surface area contributed by atoms with Gasteiger partial charge < -0.3 is 24.8 Å². The molecule has 2 heterocycles. The Morgan fingerprint density at radius 1 is 1.33 bits per heavy atom. The molecular formula is C11H18N2O5. The van der Waals surface area contributed by atoms with Crippen molar-refractivity contribution in [1.29, 1.82) is 0 Å². The van der Waals surface area contributed by atoms with Crippen molar-refractivity contribution < 1.29 is 24.2 Å². The van der Waals surface area contributed by atoms with Gasteiger partial charge in [0.05, 0.1) is 19.3 Å². The monoisotopic (exact) mass is 258 g/mol. The molecule has 0 aromatic carbocycles. The molecule has 0 aromatic rings. The fourth-order valence-electron chi connectivity index (χ4n) is 2.10. The average Bonchev–Trinajstić information content (AvgIpc) is 2.89. The van der Waals surface area contributed by atoms with E-state index < -0.39 is 12.1 Å². The largest absolute Gasteiger partial charge is 0.479 e. The lowest BCUT2D eigenvalue weighted by atomic mass is 10.2. The molecule has 2 atom stereocenters. The smallest absolute Gasteiger partial charge is 0.334 e. The van der Waals surface area contributed by atoms with Gasteiger partial charge in [0, 0.05) is 19.7 Å². The van der Waals surface area contributed by atoms with E-state index in [1.165, 1.54) is 4.90 Å². The van der Waals surface area contributed by atoms with Gasteiger partial charge in [-0.25, -0.2) is 9.59 Å². The summed E-state index contributed by atoms with van der Waals surface area (Å²) in [6.45, 7) is 1.99. The second-order valence-electron chi connectivity index (χ2n) is 4.46. The van der Waals surface area contributed by atoms with Gasteiger partial charge in [0.1, 0.15) is 0 Å².